The molecule has 1 aliphatic rings. The quantitative estimate of drug-likeness (QED) is 0.783. The van der Waals surface area contributed by atoms with Crippen molar-refractivity contribution in [1.82, 2.24) is 34.8 Å². The zero-order valence-electron chi connectivity index (χ0n) is 13.7. The van der Waals surface area contributed by atoms with Crippen LogP contribution in [0.1, 0.15) is 42.1 Å². The molecule has 2 heterocycles. The molecule has 4 rings (SSSR count). The Labute approximate surface area is 144 Å². The van der Waals surface area contributed by atoms with Gasteiger partial charge in [-0.1, -0.05) is 6.07 Å². The molecule has 0 radical (unpaired) electrons. The van der Waals surface area contributed by atoms with Crippen LogP contribution in [0, 0.1) is 0 Å². The molecule has 8 heteroatoms. The number of nitrogens with zero attached hydrogens (tertiary/aromatic N) is 6. The third-order valence-electron chi connectivity index (χ3n) is 4.67. The van der Waals surface area contributed by atoms with Crippen LogP contribution in [0.5, 0.6) is 0 Å². The van der Waals surface area contributed by atoms with Gasteiger partial charge >= 0.3 is 0 Å². The summed E-state index contributed by atoms with van der Waals surface area (Å²) in [5.41, 5.74) is 1.51. The third-order valence-corrected chi connectivity index (χ3v) is 4.67. The van der Waals surface area contributed by atoms with E-state index in [0.717, 1.165) is 31.4 Å². The van der Waals surface area contributed by atoms with Gasteiger partial charge in [-0.3, -0.25) is 9.36 Å². The molecule has 0 aliphatic heterocycles. The average molecular weight is 337 g/mol. The number of hydrogen-bond donors (Lipinski definition) is 1. The number of hydrogen-bond acceptors (Lipinski definition) is 5. The van der Waals surface area contributed by atoms with Crippen LogP contribution in [-0.4, -0.2) is 41.5 Å². The molecule has 1 saturated carbocycles. The van der Waals surface area contributed by atoms with E-state index in [0.29, 0.717) is 11.6 Å². The predicted molar refractivity (Wildman–Crippen MR) is 90.1 cm³/mol. The third kappa shape index (κ3) is 3.42. The van der Waals surface area contributed by atoms with E-state index in [1.807, 2.05) is 28.9 Å². The molecule has 2 aromatic heterocycles. The Hall–Kier alpha value is -3.03. The molecule has 3 aromatic rings. The smallest absolute Gasteiger partial charge is 0.251 e. The van der Waals surface area contributed by atoms with Crippen molar-refractivity contribution in [3.63, 3.8) is 0 Å². The highest BCUT2D eigenvalue weighted by molar-refractivity contribution is 5.94. The first-order valence-corrected chi connectivity index (χ1v) is 8.39. The summed E-state index contributed by atoms with van der Waals surface area (Å²) in [5.74, 6) is -0.0425. The summed E-state index contributed by atoms with van der Waals surface area (Å²) in [4.78, 5) is 16.6. The van der Waals surface area contributed by atoms with Gasteiger partial charge in [-0.05, 0) is 43.9 Å². The van der Waals surface area contributed by atoms with Gasteiger partial charge in [0, 0.05) is 17.3 Å². The lowest BCUT2D eigenvalue weighted by Crippen LogP contribution is -2.38. The first-order valence-electron chi connectivity index (χ1n) is 8.39. The Morgan fingerprint density at radius 2 is 1.88 bits per heavy atom. The van der Waals surface area contributed by atoms with E-state index >= 15 is 0 Å². The second kappa shape index (κ2) is 6.84. The van der Waals surface area contributed by atoms with Gasteiger partial charge in [0.2, 0.25) is 0 Å². The lowest BCUT2D eigenvalue weighted by molar-refractivity contribution is 0.0921. The molecule has 0 atom stereocenters. The van der Waals surface area contributed by atoms with Gasteiger partial charge < -0.3 is 5.32 Å². The summed E-state index contributed by atoms with van der Waals surface area (Å²) in [6.07, 6.45) is 10.4. The van der Waals surface area contributed by atoms with Gasteiger partial charge in [0.1, 0.15) is 25.3 Å². The molecule has 0 spiro atoms. The fourth-order valence-electron chi connectivity index (χ4n) is 3.30. The number of benzene rings is 1. The summed E-state index contributed by atoms with van der Waals surface area (Å²) in [7, 11) is 0. The standard InChI is InChI=1S/C17H19N7O/c25-17(13-2-1-3-16(8-13)23-11-19-20-12-23)22-14-4-6-15(7-5-14)24-10-18-9-21-24/h1-3,8-12,14-15H,4-7H2,(H,22,25). The van der Waals surface area contributed by atoms with E-state index in [9.17, 15) is 4.79 Å². The topological polar surface area (TPSA) is 90.5 Å². The van der Waals surface area contributed by atoms with Crippen molar-refractivity contribution < 1.29 is 4.79 Å². The largest absolute Gasteiger partial charge is 0.349 e. The zero-order valence-corrected chi connectivity index (χ0v) is 13.7. The van der Waals surface area contributed by atoms with Crippen LogP contribution in [0.25, 0.3) is 5.69 Å². The van der Waals surface area contributed by atoms with Crippen molar-refractivity contribution in [3.05, 3.63) is 55.1 Å². The van der Waals surface area contributed by atoms with Crippen LogP contribution < -0.4 is 5.32 Å². The molecular formula is C17H19N7O. The lowest BCUT2D eigenvalue weighted by Gasteiger charge is -2.29. The predicted octanol–water partition coefficient (Wildman–Crippen LogP) is 1.77. The lowest BCUT2D eigenvalue weighted by atomic mass is 9.91. The number of amides is 1. The Kier molecular flexibility index (Phi) is 4.24. The molecule has 1 N–H and O–H groups in total. The van der Waals surface area contributed by atoms with Gasteiger partial charge in [-0.2, -0.15) is 5.10 Å². The molecule has 1 aliphatic carbocycles. The van der Waals surface area contributed by atoms with Gasteiger partial charge in [-0.15, -0.1) is 10.2 Å². The van der Waals surface area contributed by atoms with Gasteiger partial charge in [0.15, 0.2) is 0 Å². The Bertz CT molecular complexity index is 821. The van der Waals surface area contributed by atoms with E-state index in [1.165, 1.54) is 0 Å². The number of carbonyl (C=O) groups excluding carboxylic acids is 1. The molecule has 1 aromatic carbocycles. The Balaban J connectivity index is 1.37. The van der Waals surface area contributed by atoms with Gasteiger partial charge in [-0.25, -0.2) is 9.67 Å². The van der Waals surface area contributed by atoms with E-state index in [1.54, 1.807) is 29.9 Å². The zero-order chi connectivity index (χ0) is 17.1. The molecule has 128 valence electrons. The molecule has 0 bridgehead atoms. The van der Waals surface area contributed by atoms with Crippen LogP contribution in [0.2, 0.25) is 0 Å². The summed E-state index contributed by atoms with van der Waals surface area (Å²) < 4.78 is 3.70. The molecule has 0 unspecified atom stereocenters. The van der Waals surface area contributed by atoms with Crippen molar-refractivity contribution >= 4 is 5.91 Å². The van der Waals surface area contributed by atoms with Crippen molar-refractivity contribution in [3.8, 4) is 5.69 Å². The minimum atomic E-state index is -0.0425. The molecule has 8 nitrogen and oxygen atoms in total. The monoisotopic (exact) mass is 337 g/mol. The minimum absolute atomic E-state index is 0.0425. The minimum Gasteiger partial charge on any atom is -0.349 e. The Morgan fingerprint density at radius 3 is 2.60 bits per heavy atom. The average Bonchev–Trinajstić information content (AvgIpc) is 3.36. The number of rotatable bonds is 4. The second-order valence-electron chi connectivity index (χ2n) is 6.27. The highest BCUT2D eigenvalue weighted by Crippen LogP contribution is 2.27. The first-order chi connectivity index (χ1) is 12.3. The molecule has 1 fully saturated rings. The van der Waals surface area contributed by atoms with E-state index < -0.39 is 0 Å². The van der Waals surface area contributed by atoms with Crippen molar-refractivity contribution in [2.24, 2.45) is 0 Å². The normalized spacial score (nSPS) is 20.3. The Morgan fingerprint density at radius 1 is 1.08 bits per heavy atom. The maximum atomic E-state index is 12.6. The van der Waals surface area contributed by atoms with Crippen LogP contribution >= 0.6 is 0 Å². The maximum Gasteiger partial charge on any atom is 0.251 e. The van der Waals surface area contributed by atoms with Crippen LogP contribution in [0.15, 0.2) is 49.6 Å². The van der Waals surface area contributed by atoms with Gasteiger partial charge in [0.25, 0.3) is 5.91 Å². The SMILES string of the molecule is O=C(NC1CCC(n2cncn2)CC1)c1cccc(-n2cnnc2)c1. The van der Waals surface area contributed by atoms with E-state index in [2.05, 4.69) is 25.6 Å². The number of aromatic nitrogens is 6. The second-order valence-corrected chi connectivity index (χ2v) is 6.27. The van der Waals surface area contributed by atoms with Gasteiger partial charge in [0.05, 0.1) is 6.04 Å². The van der Waals surface area contributed by atoms with Crippen molar-refractivity contribution in [2.45, 2.75) is 37.8 Å². The maximum absolute atomic E-state index is 12.6. The molecular weight excluding hydrogens is 318 g/mol. The summed E-state index contributed by atoms with van der Waals surface area (Å²) >= 11 is 0. The van der Waals surface area contributed by atoms with Crippen LogP contribution in [-0.2, 0) is 0 Å². The molecule has 25 heavy (non-hydrogen) atoms. The fraction of sp³-hybridized carbons (Fsp3) is 0.353. The summed E-state index contributed by atoms with van der Waals surface area (Å²) in [6, 6.07) is 8.04. The van der Waals surface area contributed by atoms with Crippen molar-refractivity contribution in [2.75, 3.05) is 0 Å². The van der Waals surface area contributed by atoms with E-state index in [-0.39, 0.29) is 11.9 Å². The fourth-order valence-corrected chi connectivity index (χ4v) is 3.30. The summed E-state index contributed by atoms with van der Waals surface area (Å²) in [5, 5.41) is 15.0. The van der Waals surface area contributed by atoms with Crippen LogP contribution in [0.4, 0.5) is 0 Å². The summed E-state index contributed by atoms with van der Waals surface area (Å²) in [6.45, 7) is 0. The van der Waals surface area contributed by atoms with Crippen LogP contribution in [0.3, 0.4) is 0 Å². The highest BCUT2D eigenvalue weighted by Gasteiger charge is 2.24. The number of carbonyl (C=O) groups is 1. The van der Waals surface area contributed by atoms with Crippen molar-refractivity contribution in [1.29, 1.82) is 0 Å². The highest BCUT2D eigenvalue weighted by atomic mass is 16.1. The number of nitrogens with one attached hydrogen (secondary N) is 1. The van der Waals surface area contributed by atoms with E-state index in [4.69, 9.17) is 0 Å². The first kappa shape index (κ1) is 15.5. The molecule has 0 saturated heterocycles. The molecule has 1 amide bonds.